The molecule has 6 heteroatoms. The zero-order valence-electron chi connectivity index (χ0n) is 21.6. The number of nitrogens with zero attached hydrogens (tertiary/aromatic N) is 1. The summed E-state index contributed by atoms with van der Waals surface area (Å²) in [7, 11) is 1.56. The fourth-order valence-corrected chi connectivity index (χ4v) is 7.03. The fourth-order valence-electron chi connectivity index (χ4n) is 6.91. The van der Waals surface area contributed by atoms with Gasteiger partial charge in [-0.05, 0) is 41.5 Å². The maximum absolute atomic E-state index is 14.7. The van der Waals surface area contributed by atoms with Crippen molar-refractivity contribution in [3.8, 4) is 5.75 Å². The average Bonchev–Trinajstić information content (AvgIpc) is 3.43. The Morgan fingerprint density at radius 2 is 1.52 bits per heavy atom. The van der Waals surface area contributed by atoms with E-state index in [1.165, 1.54) is 0 Å². The molecule has 7 rings (SSSR count). The molecule has 0 amide bonds. The van der Waals surface area contributed by atoms with Crippen molar-refractivity contribution >= 4 is 40.7 Å². The van der Waals surface area contributed by atoms with Gasteiger partial charge in [0.15, 0.2) is 17.3 Å². The number of para-hydroxylation sites is 1. The lowest BCUT2D eigenvalue weighted by Crippen LogP contribution is -2.48. The highest BCUT2D eigenvalue weighted by atomic mass is 35.5. The number of carbonyl (C=O) groups excluding carboxylic acids is 3. The standard InChI is InChI=1S/C34H24ClNO4/c1-40-24-9-6-8-22(19-24)31(37)30-29(21-13-16-23(35)17-14-21)34(32(38)25-10-3-4-11-26(25)33(34)39)28-18-15-20-7-2-5-12-27(20)36(28)30/h2-19,28-30H,1H3/t28-,29+,30-/m0/s1. The monoisotopic (exact) mass is 545 g/mol. The van der Waals surface area contributed by atoms with E-state index in [2.05, 4.69) is 0 Å². The number of rotatable bonds is 4. The van der Waals surface area contributed by atoms with Crippen LogP contribution in [0.15, 0.2) is 103 Å². The summed E-state index contributed by atoms with van der Waals surface area (Å²) in [5.74, 6) is -0.933. The topological polar surface area (TPSA) is 63.7 Å². The van der Waals surface area contributed by atoms with E-state index in [9.17, 15) is 14.4 Å². The van der Waals surface area contributed by atoms with Crippen molar-refractivity contribution in [3.63, 3.8) is 0 Å². The molecule has 1 saturated heterocycles. The summed E-state index contributed by atoms with van der Waals surface area (Å²) in [5.41, 5.74) is 2.14. The Hall–Kier alpha value is -4.48. The predicted molar refractivity (Wildman–Crippen MR) is 155 cm³/mol. The van der Waals surface area contributed by atoms with Gasteiger partial charge in [0, 0.05) is 33.3 Å². The van der Waals surface area contributed by atoms with Gasteiger partial charge in [-0.1, -0.05) is 90.5 Å². The zero-order valence-corrected chi connectivity index (χ0v) is 22.3. The second-order valence-electron chi connectivity index (χ2n) is 10.4. The van der Waals surface area contributed by atoms with E-state index >= 15 is 0 Å². The van der Waals surface area contributed by atoms with Crippen molar-refractivity contribution < 1.29 is 19.1 Å². The summed E-state index contributed by atoms with van der Waals surface area (Å²) in [6.07, 6.45) is 3.88. The van der Waals surface area contributed by atoms with Crippen LogP contribution >= 0.6 is 11.6 Å². The molecule has 1 aliphatic carbocycles. The van der Waals surface area contributed by atoms with Crippen molar-refractivity contribution in [1.29, 1.82) is 0 Å². The van der Waals surface area contributed by atoms with E-state index in [0.29, 0.717) is 33.0 Å². The summed E-state index contributed by atoms with van der Waals surface area (Å²) >= 11 is 6.28. The Bertz CT molecular complexity index is 1710. The van der Waals surface area contributed by atoms with Crippen LogP contribution in [0.5, 0.6) is 5.75 Å². The molecule has 3 aliphatic rings. The molecular weight excluding hydrogens is 522 g/mol. The minimum atomic E-state index is -1.54. The first-order valence-corrected chi connectivity index (χ1v) is 13.5. The van der Waals surface area contributed by atoms with Crippen LogP contribution in [0.25, 0.3) is 6.08 Å². The van der Waals surface area contributed by atoms with Crippen molar-refractivity contribution in [1.82, 2.24) is 0 Å². The van der Waals surface area contributed by atoms with Crippen LogP contribution in [0.4, 0.5) is 5.69 Å². The fraction of sp³-hybridized carbons (Fsp3) is 0.147. The van der Waals surface area contributed by atoms with Crippen LogP contribution in [-0.2, 0) is 0 Å². The van der Waals surface area contributed by atoms with Crippen LogP contribution in [0.1, 0.15) is 48.1 Å². The molecular formula is C34H24ClNO4. The van der Waals surface area contributed by atoms with Crippen LogP contribution in [0.3, 0.4) is 0 Å². The lowest BCUT2D eigenvalue weighted by atomic mass is 9.64. The third-order valence-electron chi connectivity index (χ3n) is 8.56. The molecule has 0 radical (unpaired) electrons. The number of ketones is 3. The van der Waals surface area contributed by atoms with Crippen LogP contribution in [-0.4, -0.2) is 36.5 Å². The maximum Gasteiger partial charge on any atom is 0.186 e. The molecule has 0 saturated carbocycles. The van der Waals surface area contributed by atoms with Crippen LogP contribution in [0.2, 0.25) is 5.02 Å². The van der Waals surface area contributed by atoms with E-state index in [0.717, 1.165) is 11.3 Å². The second kappa shape index (κ2) is 9.04. The molecule has 40 heavy (non-hydrogen) atoms. The summed E-state index contributed by atoms with van der Waals surface area (Å²) in [6, 6.07) is 27.4. The Morgan fingerprint density at radius 3 is 2.23 bits per heavy atom. The highest BCUT2D eigenvalue weighted by Crippen LogP contribution is 2.61. The van der Waals surface area contributed by atoms with Gasteiger partial charge >= 0.3 is 0 Å². The maximum atomic E-state index is 14.7. The van der Waals surface area contributed by atoms with Gasteiger partial charge in [0.2, 0.25) is 0 Å². The molecule has 3 atom stereocenters. The molecule has 196 valence electrons. The molecule has 2 heterocycles. The molecule has 1 fully saturated rings. The van der Waals surface area contributed by atoms with Gasteiger partial charge in [0.25, 0.3) is 0 Å². The van der Waals surface area contributed by atoms with Crippen molar-refractivity contribution in [2.24, 2.45) is 5.41 Å². The Kier molecular flexibility index (Phi) is 5.55. The minimum absolute atomic E-state index is 0.192. The lowest BCUT2D eigenvalue weighted by Gasteiger charge is -2.37. The summed E-state index contributed by atoms with van der Waals surface area (Å²) in [5, 5.41) is 0.529. The number of fused-ring (bicyclic) bond motifs is 5. The molecule has 0 unspecified atom stereocenters. The largest absolute Gasteiger partial charge is 0.497 e. The normalized spacial score (nSPS) is 21.8. The van der Waals surface area contributed by atoms with Crippen LogP contribution < -0.4 is 9.64 Å². The number of ether oxygens (including phenoxy) is 1. The van der Waals surface area contributed by atoms with Gasteiger partial charge < -0.3 is 9.64 Å². The number of methoxy groups -OCH3 is 1. The molecule has 0 aromatic heterocycles. The Morgan fingerprint density at radius 1 is 0.850 bits per heavy atom. The third-order valence-corrected chi connectivity index (χ3v) is 8.82. The van der Waals surface area contributed by atoms with E-state index in [4.69, 9.17) is 16.3 Å². The summed E-state index contributed by atoms with van der Waals surface area (Å²) in [4.78, 5) is 45.9. The highest BCUT2D eigenvalue weighted by Gasteiger charge is 2.71. The first kappa shape index (κ1) is 24.6. The van der Waals surface area contributed by atoms with E-state index < -0.39 is 23.4 Å². The van der Waals surface area contributed by atoms with E-state index in [1.807, 2.05) is 53.5 Å². The third kappa shape index (κ3) is 3.24. The number of Topliss-reactive ketones (excluding diaryl/α,β-unsaturated/α-hetero) is 3. The molecule has 0 bridgehead atoms. The first-order chi connectivity index (χ1) is 19.5. The second-order valence-corrected chi connectivity index (χ2v) is 10.8. The van der Waals surface area contributed by atoms with E-state index in [1.54, 1.807) is 67.8 Å². The number of carbonyl (C=O) groups is 3. The first-order valence-electron chi connectivity index (χ1n) is 13.1. The number of hydrogen-bond acceptors (Lipinski definition) is 5. The van der Waals surface area contributed by atoms with Gasteiger partial charge in [-0.3, -0.25) is 14.4 Å². The van der Waals surface area contributed by atoms with Crippen molar-refractivity contribution in [3.05, 3.63) is 136 Å². The van der Waals surface area contributed by atoms with Gasteiger partial charge in [0.05, 0.1) is 13.2 Å². The number of halogens is 1. The highest BCUT2D eigenvalue weighted by molar-refractivity contribution is 6.32. The Balaban J connectivity index is 1.54. The molecule has 2 aliphatic heterocycles. The number of benzene rings is 4. The van der Waals surface area contributed by atoms with Crippen LogP contribution in [0, 0.1) is 5.41 Å². The summed E-state index contributed by atoms with van der Waals surface area (Å²) in [6.45, 7) is 0. The lowest BCUT2D eigenvalue weighted by molar-refractivity contribution is 0.0666. The van der Waals surface area contributed by atoms with Gasteiger partial charge in [0.1, 0.15) is 17.2 Å². The molecule has 5 nitrogen and oxygen atoms in total. The van der Waals surface area contributed by atoms with Gasteiger partial charge in [-0.15, -0.1) is 0 Å². The molecule has 4 aromatic carbocycles. The Labute approximate surface area is 236 Å². The van der Waals surface area contributed by atoms with Crippen molar-refractivity contribution in [2.45, 2.75) is 18.0 Å². The van der Waals surface area contributed by atoms with Crippen molar-refractivity contribution in [2.75, 3.05) is 12.0 Å². The minimum Gasteiger partial charge on any atom is -0.497 e. The number of hydrogen-bond donors (Lipinski definition) is 0. The SMILES string of the molecule is COc1cccc(C(=O)[C@@H]2[C@@H](c3ccc(Cl)cc3)C3(C(=O)c4ccccc4C3=O)[C@@H]3C=Cc4ccccc4N23)c1. The smallest absolute Gasteiger partial charge is 0.186 e. The molecule has 4 aromatic rings. The summed E-state index contributed by atoms with van der Waals surface area (Å²) < 4.78 is 5.43. The zero-order chi connectivity index (χ0) is 27.6. The molecule has 1 spiro atoms. The van der Waals surface area contributed by atoms with Gasteiger partial charge in [-0.2, -0.15) is 0 Å². The average molecular weight is 546 g/mol. The number of anilines is 1. The quantitative estimate of drug-likeness (QED) is 0.212. The van der Waals surface area contributed by atoms with Gasteiger partial charge in [-0.25, -0.2) is 0 Å². The predicted octanol–water partition coefficient (Wildman–Crippen LogP) is 6.66. The van der Waals surface area contributed by atoms with E-state index in [-0.39, 0.29) is 17.3 Å². The molecule has 0 N–H and O–H groups in total.